The van der Waals surface area contributed by atoms with E-state index < -0.39 is 0 Å². The maximum atomic E-state index is 11.8. The molecule has 0 aromatic heterocycles. The van der Waals surface area contributed by atoms with Crippen LogP contribution in [-0.4, -0.2) is 93.4 Å². The first-order valence-electron chi connectivity index (χ1n) is 12.0. The average Bonchev–Trinajstić information content (AvgIpc) is 3.25. The molecule has 0 radical (unpaired) electrons. The highest BCUT2D eigenvalue weighted by atomic mass is 16.5. The highest BCUT2D eigenvalue weighted by molar-refractivity contribution is 5.89. The van der Waals surface area contributed by atoms with Crippen molar-refractivity contribution < 1.29 is 14.3 Å². The van der Waals surface area contributed by atoms with Gasteiger partial charge in [-0.25, -0.2) is 4.79 Å². The summed E-state index contributed by atoms with van der Waals surface area (Å²) in [5, 5.41) is 0. The Bertz CT molecular complexity index is 658. The normalized spacial score (nSPS) is 21.1. The van der Waals surface area contributed by atoms with Crippen LogP contribution in [0.2, 0.25) is 0 Å². The van der Waals surface area contributed by atoms with Gasteiger partial charge < -0.3 is 14.4 Å². The van der Waals surface area contributed by atoms with E-state index in [0.29, 0.717) is 11.6 Å². The first-order chi connectivity index (χ1) is 15.1. The smallest absolute Gasteiger partial charge is 0.337 e. The number of carbonyl (C=O) groups excluding carboxylic acids is 1. The number of likely N-dealkylation sites (tertiary alicyclic amines) is 2. The molecule has 174 valence electrons. The van der Waals surface area contributed by atoms with Crippen LogP contribution in [0.5, 0.6) is 0 Å². The first kappa shape index (κ1) is 24.2. The molecular formula is C25H41N3O3. The summed E-state index contributed by atoms with van der Waals surface area (Å²) in [7, 11) is 3.21. The van der Waals surface area contributed by atoms with Gasteiger partial charge in [0.15, 0.2) is 0 Å². The predicted molar refractivity (Wildman–Crippen MR) is 124 cm³/mol. The van der Waals surface area contributed by atoms with E-state index >= 15 is 0 Å². The number of rotatable bonds is 11. The molecule has 31 heavy (non-hydrogen) atoms. The minimum atomic E-state index is -0.270. The molecule has 2 saturated heterocycles. The van der Waals surface area contributed by atoms with Crippen LogP contribution in [0.1, 0.15) is 48.5 Å². The number of methoxy groups -OCH3 is 2. The Kier molecular flexibility index (Phi) is 9.78. The van der Waals surface area contributed by atoms with Crippen molar-refractivity contribution in [3.63, 3.8) is 0 Å². The lowest BCUT2D eigenvalue weighted by molar-refractivity contribution is 0.0600. The second kappa shape index (κ2) is 12.5. The van der Waals surface area contributed by atoms with Gasteiger partial charge in [-0.05, 0) is 75.5 Å². The summed E-state index contributed by atoms with van der Waals surface area (Å²) in [6.07, 6.45) is 5.16. The topological polar surface area (TPSA) is 45.2 Å². The van der Waals surface area contributed by atoms with E-state index in [4.69, 9.17) is 9.47 Å². The van der Waals surface area contributed by atoms with Crippen molar-refractivity contribution in [2.24, 2.45) is 5.92 Å². The second-order valence-electron chi connectivity index (χ2n) is 9.09. The van der Waals surface area contributed by atoms with Crippen LogP contribution in [0, 0.1) is 5.92 Å². The number of nitrogens with zero attached hydrogens (tertiary/aromatic N) is 3. The number of hydrogen-bond acceptors (Lipinski definition) is 6. The molecule has 0 saturated carbocycles. The molecule has 1 atom stereocenters. The summed E-state index contributed by atoms with van der Waals surface area (Å²) < 4.78 is 10.1. The van der Waals surface area contributed by atoms with Gasteiger partial charge in [0.05, 0.1) is 19.3 Å². The third kappa shape index (κ3) is 7.28. The summed E-state index contributed by atoms with van der Waals surface area (Å²) in [5.74, 6) is 0.484. The van der Waals surface area contributed by atoms with E-state index in [-0.39, 0.29) is 5.97 Å². The third-order valence-electron chi connectivity index (χ3n) is 6.99. The molecule has 2 aliphatic heterocycles. The van der Waals surface area contributed by atoms with Gasteiger partial charge in [0, 0.05) is 39.3 Å². The molecule has 0 amide bonds. The highest BCUT2D eigenvalue weighted by Gasteiger charge is 2.27. The molecule has 6 nitrogen and oxygen atoms in total. The summed E-state index contributed by atoms with van der Waals surface area (Å²) >= 11 is 0. The molecule has 0 spiro atoms. The fourth-order valence-corrected chi connectivity index (χ4v) is 5.12. The Morgan fingerprint density at radius 2 is 1.81 bits per heavy atom. The van der Waals surface area contributed by atoms with Crippen LogP contribution < -0.4 is 0 Å². The number of likely N-dealkylation sites (N-methyl/N-ethyl adjacent to an activating group) is 1. The molecule has 2 heterocycles. The maximum absolute atomic E-state index is 11.8. The van der Waals surface area contributed by atoms with E-state index in [0.717, 1.165) is 45.2 Å². The molecular weight excluding hydrogens is 390 g/mol. The van der Waals surface area contributed by atoms with Gasteiger partial charge in [-0.1, -0.05) is 19.1 Å². The van der Waals surface area contributed by atoms with Crippen LogP contribution in [-0.2, 0) is 16.0 Å². The van der Waals surface area contributed by atoms with Crippen LogP contribution in [0.15, 0.2) is 24.3 Å². The standard InChI is InChI=1S/C25H41N3O3/c1-4-28-13-5-6-24(28)20-27(18-21-7-9-23(10-8-21)25(29)31-3)19-22-11-14-26(15-12-22)16-17-30-2/h7-10,22,24H,4-6,11-20H2,1-3H3. The zero-order valence-electron chi connectivity index (χ0n) is 19.7. The Balaban J connectivity index is 1.60. The maximum Gasteiger partial charge on any atom is 0.337 e. The summed E-state index contributed by atoms with van der Waals surface area (Å²) in [4.78, 5) is 19.6. The van der Waals surface area contributed by atoms with Crippen LogP contribution >= 0.6 is 0 Å². The van der Waals surface area contributed by atoms with Crippen molar-refractivity contribution in [1.29, 1.82) is 0 Å². The van der Waals surface area contributed by atoms with Gasteiger partial charge in [0.25, 0.3) is 0 Å². The van der Waals surface area contributed by atoms with Gasteiger partial charge in [-0.2, -0.15) is 0 Å². The number of benzene rings is 1. The molecule has 0 N–H and O–H groups in total. The SMILES string of the molecule is CCN1CCCC1CN(Cc1ccc(C(=O)OC)cc1)CC1CCN(CCOC)CC1. The Hall–Kier alpha value is -1.47. The minimum absolute atomic E-state index is 0.270. The molecule has 3 rings (SSSR count). The van der Waals surface area contributed by atoms with Crippen molar-refractivity contribution in [2.45, 2.75) is 45.2 Å². The lowest BCUT2D eigenvalue weighted by Crippen LogP contribution is -2.44. The third-order valence-corrected chi connectivity index (χ3v) is 6.99. The van der Waals surface area contributed by atoms with Crippen LogP contribution in [0.25, 0.3) is 0 Å². The monoisotopic (exact) mass is 431 g/mol. The number of esters is 1. The number of ether oxygens (including phenoxy) is 2. The molecule has 1 aromatic rings. The Morgan fingerprint density at radius 1 is 1.06 bits per heavy atom. The Morgan fingerprint density at radius 3 is 2.45 bits per heavy atom. The number of piperidine rings is 1. The lowest BCUT2D eigenvalue weighted by atomic mass is 9.95. The fourth-order valence-electron chi connectivity index (χ4n) is 5.12. The van der Waals surface area contributed by atoms with Gasteiger partial charge in [-0.3, -0.25) is 9.80 Å². The van der Waals surface area contributed by atoms with Crippen LogP contribution in [0.4, 0.5) is 0 Å². The van der Waals surface area contributed by atoms with Gasteiger partial charge in [-0.15, -0.1) is 0 Å². The van der Waals surface area contributed by atoms with E-state index in [1.165, 1.54) is 58.0 Å². The van der Waals surface area contributed by atoms with E-state index in [2.05, 4.69) is 33.8 Å². The molecule has 0 bridgehead atoms. The molecule has 1 unspecified atom stereocenters. The van der Waals surface area contributed by atoms with Crippen molar-refractivity contribution in [1.82, 2.24) is 14.7 Å². The van der Waals surface area contributed by atoms with E-state index in [9.17, 15) is 4.79 Å². The van der Waals surface area contributed by atoms with E-state index in [1.807, 2.05) is 12.1 Å². The molecule has 2 fully saturated rings. The molecule has 0 aliphatic carbocycles. The number of carbonyl (C=O) groups is 1. The molecule has 2 aliphatic rings. The van der Waals surface area contributed by atoms with Crippen molar-refractivity contribution in [3.8, 4) is 0 Å². The van der Waals surface area contributed by atoms with Gasteiger partial charge in [0.2, 0.25) is 0 Å². The van der Waals surface area contributed by atoms with Crippen molar-refractivity contribution in [3.05, 3.63) is 35.4 Å². The van der Waals surface area contributed by atoms with Gasteiger partial charge >= 0.3 is 5.97 Å². The average molecular weight is 432 g/mol. The molecule has 1 aromatic carbocycles. The Labute approximate surface area is 188 Å². The number of hydrogen-bond donors (Lipinski definition) is 0. The summed E-state index contributed by atoms with van der Waals surface area (Å²) in [5.41, 5.74) is 1.89. The quantitative estimate of drug-likeness (QED) is 0.502. The zero-order chi connectivity index (χ0) is 22.1. The summed E-state index contributed by atoms with van der Waals surface area (Å²) in [6, 6.07) is 8.61. The van der Waals surface area contributed by atoms with E-state index in [1.54, 1.807) is 7.11 Å². The van der Waals surface area contributed by atoms with Crippen molar-refractivity contribution in [2.75, 3.05) is 66.6 Å². The van der Waals surface area contributed by atoms with Crippen LogP contribution in [0.3, 0.4) is 0 Å². The van der Waals surface area contributed by atoms with Gasteiger partial charge in [0.1, 0.15) is 0 Å². The van der Waals surface area contributed by atoms with Crippen molar-refractivity contribution >= 4 is 5.97 Å². The zero-order valence-corrected chi connectivity index (χ0v) is 19.7. The second-order valence-corrected chi connectivity index (χ2v) is 9.09. The first-order valence-corrected chi connectivity index (χ1v) is 12.0. The summed E-state index contributed by atoms with van der Waals surface area (Å²) in [6.45, 7) is 12.1. The highest BCUT2D eigenvalue weighted by Crippen LogP contribution is 2.23. The largest absolute Gasteiger partial charge is 0.465 e. The fraction of sp³-hybridized carbons (Fsp3) is 0.720. The minimum Gasteiger partial charge on any atom is -0.465 e. The lowest BCUT2D eigenvalue weighted by Gasteiger charge is -2.36. The predicted octanol–water partition coefficient (Wildman–Crippen LogP) is 3.12. The molecule has 6 heteroatoms.